The average molecular weight is 119 g/mol. The zero-order valence-electron chi connectivity index (χ0n) is 5.30. The first-order valence-corrected chi connectivity index (χ1v) is 2.27. The molecule has 0 saturated heterocycles. The Bertz CT molecular complexity index is 100. The van der Waals surface area contributed by atoms with Gasteiger partial charge in [0.2, 0.25) is 0 Å². The van der Waals surface area contributed by atoms with E-state index in [9.17, 15) is 4.79 Å². The van der Waals surface area contributed by atoms with Crippen LogP contribution in [0.2, 0.25) is 0 Å². The van der Waals surface area contributed by atoms with Crippen LogP contribution in [0.15, 0.2) is 0 Å². The van der Waals surface area contributed by atoms with Gasteiger partial charge in [-0.3, -0.25) is 0 Å². The smallest absolute Gasteiger partial charge is 0.434 e. The first kappa shape index (κ1) is 7.39. The molecular formula is C4H11N2O2+. The van der Waals surface area contributed by atoms with Crippen LogP contribution in [0, 0.1) is 0 Å². The summed E-state index contributed by atoms with van der Waals surface area (Å²) in [6.45, 7) is 0. The Morgan fingerprint density at radius 3 is 2.00 bits per heavy atom. The van der Waals surface area contributed by atoms with Crippen LogP contribution in [-0.4, -0.2) is 36.9 Å². The van der Waals surface area contributed by atoms with E-state index in [1.54, 1.807) is 21.1 Å². The Kier molecular flexibility index (Phi) is 1.94. The Morgan fingerprint density at radius 2 is 2.00 bits per heavy atom. The van der Waals surface area contributed by atoms with Crippen molar-refractivity contribution in [3.8, 4) is 0 Å². The highest BCUT2D eigenvalue weighted by molar-refractivity contribution is 5.55. The summed E-state index contributed by atoms with van der Waals surface area (Å²) >= 11 is 0. The minimum atomic E-state index is -0.896. The van der Waals surface area contributed by atoms with Crippen molar-refractivity contribution in [3.05, 3.63) is 0 Å². The second kappa shape index (κ2) is 2.11. The number of quaternary nitrogens is 1. The van der Waals surface area contributed by atoms with Gasteiger partial charge in [0.1, 0.15) is 0 Å². The summed E-state index contributed by atoms with van der Waals surface area (Å²) in [6, 6.07) is 0. The lowest BCUT2D eigenvalue weighted by Gasteiger charge is -2.19. The van der Waals surface area contributed by atoms with E-state index in [0.29, 0.717) is 0 Å². The number of hydrogen-bond acceptors (Lipinski definition) is 2. The molecule has 4 nitrogen and oxygen atoms in total. The molecule has 48 valence electrons. The standard InChI is InChI=1S/C4H10N2O2/c1-5-6(2,3)4(7)8/h5H,1-3H3/p+1. The molecule has 0 aromatic heterocycles. The molecule has 0 spiro atoms. The molecule has 0 heterocycles. The number of hydrogen-bond donors (Lipinski definition) is 2. The molecule has 8 heavy (non-hydrogen) atoms. The molecule has 0 aromatic rings. The molecular weight excluding hydrogens is 108 g/mol. The van der Waals surface area contributed by atoms with Crippen molar-refractivity contribution >= 4 is 6.09 Å². The highest BCUT2D eigenvalue weighted by Crippen LogP contribution is 1.87. The third-order valence-corrected chi connectivity index (χ3v) is 1.04. The summed E-state index contributed by atoms with van der Waals surface area (Å²) in [6.07, 6.45) is -0.896. The summed E-state index contributed by atoms with van der Waals surface area (Å²) < 4.78 is -0.208. The van der Waals surface area contributed by atoms with Gasteiger partial charge >= 0.3 is 6.09 Å². The van der Waals surface area contributed by atoms with E-state index in [1.165, 1.54) is 0 Å². The van der Waals surface area contributed by atoms with Gasteiger partial charge in [0.25, 0.3) is 0 Å². The largest absolute Gasteiger partial charge is 0.533 e. The number of amides is 1. The van der Waals surface area contributed by atoms with Crippen LogP contribution >= 0.6 is 0 Å². The fraction of sp³-hybridized carbons (Fsp3) is 0.750. The zero-order valence-corrected chi connectivity index (χ0v) is 5.30. The molecule has 0 rings (SSSR count). The minimum Gasteiger partial charge on any atom is -0.434 e. The SMILES string of the molecule is CN[N+](C)(C)C(=O)O. The molecule has 0 atom stereocenters. The van der Waals surface area contributed by atoms with Gasteiger partial charge in [0.15, 0.2) is 0 Å². The molecule has 4 heteroatoms. The molecule has 1 amide bonds. The summed E-state index contributed by atoms with van der Waals surface area (Å²) in [7, 11) is 4.68. The molecule has 0 radical (unpaired) electrons. The lowest BCUT2D eigenvalue weighted by Crippen LogP contribution is -2.53. The van der Waals surface area contributed by atoms with E-state index in [-0.39, 0.29) is 4.59 Å². The molecule has 0 aliphatic heterocycles. The molecule has 0 unspecified atom stereocenters. The van der Waals surface area contributed by atoms with Gasteiger partial charge in [0.05, 0.1) is 14.1 Å². The zero-order chi connectivity index (χ0) is 6.78. The maximum atomic E-state index is 10.2. The number of rotatable bonds is 1. The first-order valence-electron chi connectivity index (χ1n) is 2.27. The summed E-state index contributed by atoms with van der Waals surface area (Å²) in [5, 5.41) is 8.35. The van der Waals surface area contributed by atoms with Gasteiger partial charge in [-0.2, -0.15) is 14.8 Å². The summed E-state index contributed by atoms with van der Waals surface area (Å²) in [5.74, 6) is 0. The maximum absolute atomic E-state index is 10.2. The van der Waals surface area contributed by atoms with E-state index in [4.69, 9.17) is 5.11 Å². The second-order valence-electron chi connectivity index (χ2n) is 1.96. The highest BCUT2D eigenvalue weighted by atomic mass is 16.4. The topological polar surface area (TPSA) is 49.3 Å². The van der Waals surface area contributed by atoms with Crippen molar-refractivity contribution in [2.45, 2.75) is 0 Å². The number of nitrogens with zero attached hydrogens (tertiary/aromatic N) is 1. The predicted molar refractivity (Wildman–Crippen MR) is 29.2 cm³/mol. The van der Waals surface area contributed by atoms with Crippen LogP contribution in [0.25, 0.3) is 0 Å². The van der Waals surface area contributed by atoms with Gasteiger partial charge in [0, 0.05) is 7.05 Å². The van der Waals surface area contributed by atoms with Gasteiger partial charge in [-0.1, -0.05) is 0 Å². The molecule has 0 aromatic carbocycles. The molecule has 0 saturated carbocycles. The van der Waals surface area contributed by atoms with Crippen LogP contribution < -0.4 is 5.43 Å². The quantitative estimate of drug-likeness (QED) is 0.373. The Hall–Kier alpha value is -0.610. The van der Waals surface area contributed by atoms with E-state index in [2.05, 4.69) is 5.43 Å². The monoisotopic (exact) mass is 119 g/mol. The van der Waals surface area contributed by atoms with Gasteiger partial charge in [-0.15, -0.1) is 0 Å². The van der Waals surface area contributed by atoms with Crippen LogP contribution in [0.4, 0.5) is 4.79 Å². The molecule has 0 aliphatic rings. The van der Waals surface area contributed by atoms with Crippen molar-refractivity contribution in [3.63, 3.8) is 0 Å². The number of nitrogens with one attached hydrogen (secondary N) is 1. The highest BCUT2D eigenvalue weighted by Gasteiger charge is 2.22. The number of carboxylic acid groups (broad SMARTS) is 1. The van der Waals surface area contributed by atoms with Gasteiger partial charge < -0.3 is 5.11 Å². The average Bonchev–Trinajstić information content (AvgIpc) is 1.67. The Balaban J connectivity index is 3.91. The Labute approximate surface area is 48.3 Å². The minimum absolute atomic E-state index is 0.208. The van der Waals surface area contributed by atoms with Crippen LogP contribution in [0.3, 0.4) is 0 Å². The van der Waals surface area contributed by atoms with E-state index in [1.807, 2.05) is 0 Å². The lowest BCUT2D eigenvalue weighted by molar-refractivity contribution is -0.860. The van der Waals surface area contributed by atoms with Gasteiger partial charge in [-0.05, 0) is 0 Å². The van der Waals surface area contributed by atoms with Crippen molar-refractivity contribution in [2.75, 3.05) is 21.1 Å². The maximum Gasteiger partial charge on any atom is 0.533 e. The predicted octanol–water partition coefficient (Wildman–Crippen LogP) is -0.125. The third kappa shape index (κ3) is 1.48. The van der Waals surface area contributed by atoms with Gasteiger partial charge in [-0.25, -0.2) is 0 Å². The van der Waals surface area contributed by atoms with E-state index >= 15 is 0 Å². The fourth-order valence-electron chi connectivity index (χ4n) is 0.0956. The third-order valence-electron chi connectivity index (χ3n) is 1.04. The summed E-state index contributed by atoms with van der Waals surface area (Å²) in [5.41, 5.74) is 2.58. The fourth-order valence-corrected chi connectivity index (χ4v) is 0.0956. The first-order chi connectivity index (χ1) is 3.50. The van der Waals surface area contributed by atoms with Crippen LogP contribution in [-0.2, 0) is 0 Å². The van der Waals surface area contributed by atoms with Crippen molar-refractivity contribution in [1.82, 2.24) is 5.43 Å². The van der Waals surface area contributed by atoms with Crippen LogP contribution in [0.5, 0.6) is 0 Å². The van der Waals surface area contributed by atoms with E-state index < -0.39 is 6.09 Å². The van der Waals surface area contributed by atoms with E-state index in [0.717, 1.165) is 0 Å². The Morgan fingerprint density at radius 1 is 1.62 bits per heavy atom. The molecule has 0 aliphatic carbocycles. The van der Waals surface area contributed by atoms with Crippen LogP contribution in [0.1, 0.15) is 0 Å². The number of carbonyl (C=O) groups is 1. The summed E-state index contributed by atoms with van der Waals surface area (Å²) in [4.78, 5) is 10.2. The molecule has 0 fully saturated rings. The lowest BCUT2D eigenvalue weighted by atomic mass is 10.8. The second-order valence-corrected chi connectivity index (χ2v) is 1.96. The molecule has 0 bridgehead atoms. The van der Waals surface area contributed by atoms with Crippen molar-refractivity contribution in [2.24, 2.45) is 0 Å². The molecule has 2 N–H and O–H groups in total. The van der Waals surface area contributed by atoms with Crippen molar-refractivity contribution < 1.29 is 14.5 Å². The van der Waals surface area contributed by atoms with Crippen molar-refractivity contribution in [1.29, 1.82) is 0 Å². The normalized spacial score (nSPS) is 11.4.